The Morgan fingerprint density at radius 1 is 1.44 bits per heavy atom. The molecule has 0 saturated carbocycles. The van der Waals surface area contributed by atoms with Crippen molar-refractivity contribution in [3.63, 3.8) is 0 Å². The summed E-state index contributed by atoms with van der Waals surface area (Å²) in [4.78, 5) is 4.55. The number of nitrogens with zero attached hydrogens (tertiary/aromatic N) is 2. The molecule has 1 heterocycles. The van der Waals surface area contributed by atoms with E-state index >= 15 is 0 Å². The Balaban J connectivity index is 2.48. The van der Waals surface area contributed by atoms with E-state index < -0.39 is 0 Å². The van der Waals surface area contributed by atoms with Crippen LogP contribution < -0.4 is 0 Å². The molecule has 0 spiro atoms. The van der Waals surface area contributed by atoms with E-state index in [9.17, 15) is 0 Å². The van der Waals surface area contributed by atoms with Crippen molar-refractivity contribution >= 4 is 22.6 Å². The molecule has 0 bridgehead atoms. The fourth-order valence-electron chi connectivity index (χ4n) is 1.93. The first-order valence-corrected chi connectivity index (χ1v) is 5.89. The maximum absolute atomic E-state index is 8.85. The van der Waals surface area contributed by atoms with E-state index in [-0.39, 0.29) is 6.61 Å². The Bertz CT molecular complexity index is 493. The number of rotatable bonds is 4. The van der Waals surface area contributed by atoms with Gasteiger partial charge in [0, 0.05) is 24.6 Å². The summed E-state index contributed by atoms with van der Waals surface area (Å²) in [6, 6.07) is 5.76. The van der Waals surface area contributed by atoms with Crippen LogP contribution in [0, 0.1) is 0 Å². The minimum Gasteiger partial charge on any atom is -0.396 e. The molecule has 16 heavy (non-hydrogen) atoms. The second-order valence-corrected chi connectivity index (χ2v) is 4.17. The summed E-state index contributed by atoms with van der Waals surface area (Å²) in [7, 11) is 0. The molecule has 0 radical (unpaired) electrons. The van der Waals surface area contributed by atoms with Gasteiger partial charge in [0.2, 0.25) is 0 Å². The minimum absolute atomic E-state index is 0.202. The Hall–Kier alpha value is -1.06. The largest absolute Gasteiger partial charge is 0.396 e. The van der Waals surface area contributed by atoms with Crippen LogP contribution >= 0.6 is 11.6 Å². The minimum atomic E-state index is 0.202. The van der Waals surface area contributed by atoms with E-state index in [4.69, 9.17) is 16.7 Å². The number of benzene rings is 1. The first-order chi connectivity index (χ1) is 7.76. The van der Waals surface area contributed by atoms with E-state index in [1.807, 2.05) is 18.2 Å². The van der Waals surface area contributed by atoms with E-state index in [0.717, 1.165) is 36.2 Å². The second kappa shape index (κ2) is 4.85. The lowest BCUT2D eigenvalue weighted by atomic mass is 10.3. The summed E-state index contributed by atoms with van der Waals surface area (Å²) in [5, 5.41) is 9.56. The van der Waals surface area contributed by atoms with Crippen LogP contribution in [-0.2, 0) is 13.0 Å². The molecule has 0 saturated heterocycles. The van der Waals surface area contributed by atoms with Gasteiger partial charge in [0.15, 0.2) is 0 Å². The van der Waals surface area contributed by atoms with Gasteiger partial charge in [0.05, 0.1) is 11.0 Å². The quantitative estimate of drug-likeness (QED) is 0.889. The molecule has 0 amide bonds. The summed E-state index contributed by atoms with van der Waals surface area (Å²) in [5.41, 5.74) is 2.04. The highest BCUT2D eigenvalue weighted by Crippen LogP contribution is 2.21. The zero-order chi connectivity index (χ0) is 11.5. The number of fused-ring (bicyclic) bond motifs is 1. The van der Waals surface area contributed by atoms with E-state index in [1.165, 1.54) is 0 Å². The van der Waals surface area contributed by atoms with Crippen molar-refractivity contribution < 1.29 is 5.11 Å². The number of imidazole rings is 1. The zero-order valence-corrected chi connectivity index (χ0v) is 10.0. The fourth-order valence-corrected chi connectivity index (χ4v) is 2.10. The molecule has 2 rings (SSSR count). The molecular weight excluding hydrogens is 224 g/mol. The molecule has 0 fully saturated rings. The fraction of sp³-hybridized carbons (Fsp3) is 0.417. The monoisotopic (exact) mass is 238 g/mol. The summed E-state index contributed by atoms with van der Waals surface area (Å²) in [6.07, 6.45) is 1.55. The third kappa shape index (κ3) is 2.06. The molecule has 1 aromatic carbocycles. The average Bonchev–Trinajstić information content (AvgIpc) is 2.62. The molecule has 86 valence electrons. The molecule has 1 N–H and O–H groups in total. The zero-order valence-electron chi connectivity index (χ0n) is 9.28. The van der Waals surface area contributed by atoms with E-state index in [2.05, 4.69) is 16.5 Å². The lowest BCUT2D eigenvalue weighted by molar-refractivity contribution is 0.287. The van der Waals surface area contributed by atoms with Gasteiger partial charge in [-0.2, -0.15) is 0 Å². The van der Waals surface area contributed by atoms with Crippen LogP contribution in [-0.4, -0.2) is 21.3 Å². The van der Waals surface area contributed by atoms with Crippen LogP contribution in [0.15, 0.2) is 18.2 Å². The summed E-state index contributed by atoms with van der Waals surface area (Å²) in [6.45, 7) is 3.19. The van der Waals surface area contributed by atoms with Gasteiger partial charge in [-0.3, -0.25) is 0 Å². The van der Waals surface area contributed by atoms with Crippen molar-refractivity contribution in [1.29, 1.82) is 0 Å². The third-order valence-corrected chi connectivity index (χ3v) is 2.90. The summed E-state index contributed by atoms with van der Waals surface area (Å²) >= 11 is 5.94. The van der Waals surface area contributed by atoms with Gasteiger partial charge in [-0.05, 0) is 31.5 Å². The van der Waals surface area contributed by atoms with Gasteiger partial charge in [-0.25, -0.2) is 4.98 Å². The smallest absolute Gasteiger partial charge is 0.109 e. The molecule has 0 aliphatic carbocycles. The van der Waals surface area contributed by atoms with Gasteiger partial charge < -0.3 is 9.67 Å². The van der Waals surface area contributed by atoms with Gasteiger partial charge in [0.1, 0.15) is 5.82 Å². The Morgan fingerprint density at radius 2 is 2.25 bits per heavy atom. The first kappa shape index (κ1) is 11.4. The van der Waals surface area contributed by atoms with Gasteiger partial charge in [-0.1, -0.05) is 11.6 Å². The Labute approximate surface area is 99.7 Å². The Kier molecular flexibility index (Phi) is 3.46. The SMILES string of the molecule is CCn1c(CCCO)nc2cc(Cl)ccc21. The number of aromatic nitrogens is 2. The molecule has 0 aliphatic rings. The van der Waals surface area contributed by atoms with Crippen LogP contribution in [0.4, 0.5) is 0 Å². The standard InChI is InChI=1S/C12H15ClN2O/c1-2-15-11-6-5-9(13)8-10(11)14-12(15)4-3-7-16/h5-6,8,16H,2-4,7H2,1H3. The number of hydrogen-bond acceptors (Lipinski definition) is 2. The topological polar surface area (TPSA) is 38.0 Å². The highest BCUT2D eigenvalue weighted by Gasteiger charge is 2.09. The average molecular weight is 239 g/mol. The Morgan fingerprint density at radius 3 is 2.94 bits per heavy atom. The predicted molar refractivity (Wildman–Crippen MR) is 65.8 cm³/mol. The van der Waals surface area contributed by atoms with E-state index in [0.29, 0.717) is 5.02 Å². The molecular formula is C12H15ClN2O. The lowest BCUT2D eigenvalue weighted by Gasteiger charge is -2.04. The highest BCUT2D eigenvalue weighted by molar-refractivity contribution is 6.31. The number of aliphatic hydroxyl groups excluding tert-OH is 1. The van der Waals surface area contributed by atoms with Crippen LogP contribution in [0.2, 0.25) is 5.02 Å². The molecule has 2 aromatic rings. The molecule has 0 unspecified atom stereocenters. The molecule has 4 heteroatoms. The number of halogens is 1. The normalized spacial score (nSPS) is 11.2. The van der Waals surface area contributed by atoms with Crippen molar-refractivity contribution in [2.75, 3.05) is 6.61 Å². The lowest BCUT2D eigenvalue weighted by Crippen LogP contribution is -2.02. The number of aryl methyl sites for hydroxylation is 2. The van der Waals surface area contributed by atoms with Gasteiger partial charge >= 0.3 is 0 Å². The molecule has 3 nitrogen and oxygen atoms in total. The molecule has 1 aromatic heterocycles. The maximum Gasteiger partial charge on any atom is 0.109 e. The van der Waals surface area contributed by atoms with Crippen molar-refractivity contribution in [3.8, 4) is 0 Å². The van der Waals surface area contributed by atoms with Crippen molar-refractivity contribution in [2.45, 2.75) is 26.3 Å². The second-order valence-electron chi connectivity index (χ2n) is 3.73. The van der Waals surface area contributed by atoms with Crippen LogP contribution in [0.25, 0.3) is 11.0 Å². The van der Waals surface area contributed by atoms with Crippen LogP contribution in [0.3, 0.4) is 0 Å². The predicted octanol–water partition coefficient (Wildman–Crippen LogP) is 2.63. The number of hydrogen-bond donors (Lipinski definition) is 1. The molecule has 0 aliphatic heterocycles. The van der Waals surface area contributed by atoms with Crippen LogP contribution in [0.1, 0.15) is 19.2 Å². The first-order valence-electron chi connectivity index (χ1n) is 5.51. The maximum atomic E-state index is 8.85. The summed E-state index contributed by atoms with van der Waals surface area (Å²) in [5.74, 6) is 1.02. The third-order valence-electron chi connectivity index (χ3n) is 2.66. The van der Waals surface area contributed by atoms with Crippen LogP contribution in [0.5, 0.6) is 0 Å². The summed E-state index contributed by atoms with van der Waals surface area (Å²) < 4.78 is 2.17. The van der Waals surface area contributed by atoms with E-state index in [1.54, 1.807) is 0 Å². The highest BCUT2D eigenvalue weighted by atomic mass is 35.5. The molecule has 0 atom stereocenters. The van der Waals surface area contributed by atoms with Gasteiger partial charge in [0.25, 0.3) is 0 Å². The van der Waals surface area contributed by atoms with Crippen molar-refractivity contribution in [3.05, 3.63) is 29.0 Å². The van der Waals surface area contributed by atoms with Crippen molar-refractivity contribution in [1.82, 2.24) is 9.55 Å². The number of aliphatic hydroxyl groups is 1. The van der Waals surface area contributed by atoms with Gasteiger partial charge in [-0.15, -0.1) is 0 Å². The van der Waals surface area contributed by atoms with Crippen molar-refractivity contribution in [2.24, 2.45) is 0 Å².